The van der Waals surface area contributed by atoms with E-state index in [1.165, 1.54) is 12.1 Å². The predicted octanol–water partition coefficient (Wildman–Crippen LogP) is 3.16. The van der Waals surface area contributed by atoms with Gasteiger partial charge >= 0.3 is 0 Å². The van der Waals surface area contributed by atoms with Gasteiger partial charge in [0.15, 0.2) is 9.84 Å². The number of benzene rings is 2. The fourth-order valence-corrected chi connectivity index (χ4v) is 4.34. The van der Waals surface area contributed by atoms with Gasteiger partial charge in [0.05, 0.1) is 15.6 Å². The Kier molecular flexibility index (Phi) is 4.75. The highest BCUT2D eigenvalue weighted by Crippen LogP contribution is 2.28. The van der Waals surface area contributed by atoms with Crippen LogP contribution in [0.3, 0.4) is 0 Å². The highest BCUT2D eigenvalue weighted by atomic mass is 35.5. The molecule has 0 aromatic heterocycles. The van der Waals surface area contributed by atoms with Crippen LogP contribution in [-0.2, 0) is 19.9 Å². The molecule has 0 saturated carbocycles. The van der Waals surface area contributed by atoms with E-state index < -0.39 is 19.9 Å². The molecule has 0 spiro atoms. The van der Waals surface area contributed by atoms with Crippen LogP contribution in [0.5, 0.6) is 0 Å². The number of aryl methyl sites for hydroxylation is 2. The van der Waals surface area contributed by atoms with Crippen molar-refractivity contribution in [2.45, 2.75) is 23.6 Å². The molecule has 0 unspecified atom stereocenters. The van der Waals surface area contributed by atoms with Crippen molar-refractivity contribution in [2.24, 2.45) is 0 Å². The van der Waals surface area contributed by atoms with Gasteiger partial charge in [-0.3, -0.25) is 4.72 Å². The zero-order valence-electron chi connectivity index (χ0n) is 12.8. The van der Waals surface area contributed by atoms with Crippen molar-refractivity contribution in [3.63, 3.8) is 0 Å². The molecule has 0 aliphatic heterocycles. The maximum absolute atomic E-state index is 12.6. The van der Waals surface area contributed by atoms with E-state index in [2.05, 4.69) is 4.72 Å². The average molecular weight is 374 g/mol. The van der Waals surface area contributed by atoms with Crippen LogP contribution in [0.2, 0.25) is 5.02 Å². The van der Waals surface area contributed by atoms with Gasteiger partial charge in [0.1, 0.15) is 4.90 Å². The molecule has 0 aliphatic carbocycles. The molecule has 2 aromatic carbocycles. The summed E-state index contributed by atoms with van der Waals surface area (Å²) in [6.45, 7) is 3.61. The lowest BCUT2D eigenvalue weighted by molar-refractivity contribution is 0.599. The summed E-state index contributed by atoms with van der Waals surface area (Å²) in [7, 11) is -7.55. The van der Waals surface area contributed by atoms with Gasteiger partial charge in [-0.05, 0) is 49.2 Å². The van der Waals surface area contributed by atoms with E-state index >= 15 is 0 Å². The molecule has 23 heavy (non-hydrogen) atoms. The molecule has 0 heterocycles. The minimum absolute atomic E-state index is 0.0461. The molecule has 0 amide bonds. The van der Waals surface area contributed by atoms with Crippen LogP contribution >= 0.6 is 11.6 Å². The summed E-state index contributed by atoms with van der Waals surface area (Å²) in [6.07, 6.45) is 1.00. The summed E-state index contributed by atoms with van der Waals surface area (Å²) < 4.78 is 50.8. The first-order valence-corrected chi connectivity index (χ1v) is 10.4. The molecule has 0 atom stereocenters. The Bertz CT molecular complexity index is 967. The van der Waals surface area contributed by atoms with E-state index in [9.17, 15) is 16.8 Å². The van der Waals surface area contributed by atoms with Crippen LogP contribution in [0.1, 0.15) is 11.1 Å². The van der Waals surface area contributed by atoms with E-state index in [4.69, 9.17) is 11.6 Å². The molecule has 0 saturated heterocycles. The summed E-state index contributed by atoms with van der Waals surface area (Å²) >= 11 is 5.95. The minimum Gasteiger partial charge on any atom is -0.279 e. The van der Waals surface area contributed by atoms with Crippen LogP contribution in [0, 0.1) is 13.8 Å². The number of hydrogen-bond donors (Lipinski definition) is 1. The Morgan fingerprint density at radius 3 is 2.22 bits per heavy atom. The van der Waals surface area contributed by atoms with E-state index in [1.807, 2.05) is 13.0 Å². The molecule has 2 rings (SSSR count). The monoisotopic (exact) mass is 373 g/mol. The summed E-state index contributed by atoms with van der Waals surface area (Å²) in [4.78, 5) is -0.383. The number of hydrogen-bond acceptors (Lipinski definition) is 4. The molecule has 8 heteroatoms. The lowest BCUT2D eigenvalue weighted by Crippen LogP contribution is -2.15. The number of sulfonamides is 1. The van der Waals surface area contributed by atoms with Crippen molar-refractivity contribution in [3.8, 4) is 0 Å². The second kappa shape index (κ2) is 6.14. The van der Waals surface area contributed by atoms with Crippen molar-refractivity contribution in [1.29, 1.82) is 0 Å². The first-order valence-electron chi connectivity index (χ1n) is 6.60. The Morgan fingerprint density at radius 2 is 1.61 bits per heavy atom. The number of anilines is 1. The zero-order chi connectivity index (χ0) is 17.4. The molecule has 1 N–H and O–H groups in total. The van der Waals surface area contributed by atoms with Crippen molar-refractivity contribution in [2.75, 3.05) is 11.0 Å². The Morgan fingerprint density at radius 1 is 0.957 bits per heavy atom. The Hall–Kier alpha value is -1.57. The topological polar surface area (TPSA) is 80.3 Å². The first-order chi connectivity index (χ1) is 10.5. The van der Waals surface area contributed by atoms with Crippen LogP contribution in [0.15, 0.2) is 46.2 Å². The predicted molar refractivity (Wildman–Crippen MR) is 91.3 cm³/mol. The lowest BCUT2D eigenvalue weighted by atomic mass is 10.1. The fraction of sp³-hybridized carbons (Fsp3) is 0.200. The normalized spacial score (nSPS) is 12.2. The van der Waals surface area contributed by atoms with Crippen LogP contribution in [0.4, 0.5) is 5.69 Å². The molecule has 0 aliphatic rings. The van der Waals surface area contributed by atoms with E-state index in [-0.39, 0.29) is 14.8 Å². The van der Waals surface area contributed by atoms with Gasteiger partial charge in [-0.2, -0.15) is 0 Å². The summed E-state index contributed by atoms with van der Waals surface area (Å²) in [5.41, 5.74) is 2.06. The smallest absolute Gasteiger partial charge is 0.263 e. The zero-order valence-corrected chi connectivity index (χ0v) is 15.2. The molecular weight excluding hydrogens is 358 g/mol. The number of rotatable bonds is 4. The van der Waals surface area contributed by atoms with Gasteiger partial charge in [-0.15, -0.1) is 0 Å². The van der Waals surface area contributed by atoms with Gasteiger partial charge in [0.25, 0.3) is 10.0 Å². The van der Waals surface area contributed by atoms with Gasteiger partial charge in [-0.1, -0.05) is 23.7 Å². The first kappa shape index (κ1) is 17.8. The van der Waals surface area contributed by atoms with Crippen LogP contribution in [0.25, 0.3) is 0 Å². The van der Waals surface area contributed by atoms with Crippen molar-refractivity contribution >= 4 is 37.1 Å². The van der Waals surface area contributed by atoms with Crippen molar-refractivity contribution in [3.05, 3.63) is 52.5 Å². The second-order valence-corrected chi connectivity index (χ2v) is 9.36. The largest absolute Gasteiger partial charge is 0.279 e. The Balaban J connectivity index is 2.54. The fourth-order valence-electron chi connectivity index (χ4n) is 1.97. The third-order valence-electron chi connectivity index (χ3n) is 3.26. The lowest BCUT2D eigenvalue weighted by Gasteiger charge is -2.13. The molecule has 0 radical (unpaired) electrons. The molecular formula is C15H16ClNO4S2. The minimum atomic E-state index is -4.01. The third-order valence-corrected chi connectivity index (χ3v) is 6.22. The molecule has 0 fully saturated rings. The SMILES string of the molecule is Cc1ccc(C)c(NS(=O)(=O)c2cc(S(C)(=O)=O)ccc2Cl)c1. The van der Waals surface area contributed by atoms with E-state index in [1.54, 1.807) is 19.1 Å². The third kappa shape index (κ3) is 4.04. The van der Waals surface area contributed by atoms with Crippen LogP contribution < -0.4 is 4.72 Å². The maximum Gasteiger partial charge on any atom is 0.263 e. The summed E-state index contributed by atoms with van der Waals surface area (Å²) in [5, 5.41) is -0.0461. The molecule has 5 nitrogen and oxygen atoms in total. The number of halogens is 1. The quantitative estimate of drug-likeness (QED) is 0.892. The van der Waals surface area contributed by atoms with E-state index in [0.29, 0.717) is 5.69 Å². The second-order valence-electron chi connectivity index (χ2n) is 5.29. The molecule has 2 aromatic rings. The van der Waals surface area contributed by atoms with Crippen molar-refractivity contribution < 1.29 is 16.8 Å². The van der Waals surface area contributed by atoms with Gasteiger partial charge in [0, 0.05) is 6.26 Å². The summed E-state index contributed by atoms with van der Waals surface area (Å²) in [6, 6.07) is 8.95. The standard InChI is InChI=1S/C15H16ClNO4S2/c1-10-4-5-11(2)14(8-10)17-23(20,21)15-9-12(22(3,18)19)6-7-13(15)16/h4-9,17H,1-3H3. The van der Waals surface area contributed by atoms with Gasteiger partial charge in [0.2, 0.25) is 0 Å². The van der Waals surface area contributed by atoms with E-state index in [0.717, 1.165) is 23.4 Å². The highest BCUT2D eigenvalue weighted by molar-refractivity contribution is 7.93. The van der Waals surface area contributed by atoms with Crippen molar-refractivity contribution in [1.82, 2.24) is 0 Å². The molecule has 0 bridgehead atoms. The molecule has 124 valence electrons. The summed E-state index contributed by atoms with van der Waals surface area (Å²) in [5.74, 6) is 0. The number of nitrogens with one attached hydrogen (secondary N) is 1. The maximum atomic E-state index is 12.6. The Labute approximate surface area is 141 Å². The average Bonchev–Trinajstić information content (AvgIpc) is 2.41. The van der Waals surface area contributed by atoms with Gasteiger partial charge in [-0.25, -0.2) is 16.8 Å². The van der Waals surface area contributed by atoms with Crippen LogP contribution in [-0.4, -0.2) is 23.1 Å². The highest BCUT2D eigenvalue weighted by Gasteiger charge is 2.21. The van der Waals surface area contributed by atoms with Gasteiger partial charge < -0.3 is 0 Å². The number of sulfone groups is 1.